The van der Waals surface area contributed by atoms with Crippen LogP contribution in [0.2, 0.25) is 0 Å². The highest BCUT2D eigenvalue weighted by molar-refractivity contribution is 5.79. The Morgan fingerprint density at radius 2 is 1.11 bits per heavy atom. The minimum absolute atomic E-state index is 0.0993. The lowest BCUT2D eigenvalue weighted by Crippen LogP contribution is -2.54. The lowest BCUT2D eigenvalue weighted by atomic mass is 9.80. The van der Waals surface area contributed by atoms with Gasteiger partial charge in [-0.05, 0) is 55.5 Å². The monoisotopic (exact) mass is 740 g/mol. The van der Waals surface area contributed by atoms with Gasteiger partial charge in [-0.3, -0.25) is 9.80 Å². The Balaban J connectivity index is 1.45. The first kappa shape index (κ1) is 39.4. The van der Waals surface area contributed by atoms with Crippen LogP contribution in [0.15, 0.2) is 152 Å². The van der Waals surface area contributed by atoms with Crippen molar-refractivity contribution < 1.29 is 28.5 Å². The molecule has 8 heteroatoms. The molecule has 0 spiro atoms. The van der Waals surface area contributed by atoms with Gasteiger partial charge in [-0.1, -0.05) is 152 Å². The summed E-state index contributed by atoms with van der Waals surface area (Å²) in [5.74, 6) is -0.645. The first-order chi connectivity index (χ1) is 26.5. The highest BCUT2D eigenvalue weighted by Gasteiger charge is 2.51. The largest absolute Gasteiger partial charge is 0.466 e. The summed E-state index contributed by atoms with van der Waals surface area (Å²) in [4.78, 5) is 31.7. The molecule has 1 aliphatic heterocycles. The normalized spacial score (nSPS) is 16.0. The molecule has 0 unspecified atom stereocenters. The van der Waals surface area contributed by atoms with Crippen LogP contribution >= 0.6 is 0 Å². The summed E-state index contributed by atoms with van der Waals surface area (Å²) in [7, 11) is 1.32. The Labute approximate surface area is 325 Å². The first-order valence-electron chi connectivity index (χ1n) is 18.9. The average molecular weight is 741 g/mol. The van der Waals surface area contributed by atoms with Gasteiger partial charge >= 0.3 is 12.1 Å². The molecule has 0 radical (unpaired) electrons. The Bertz CT molecular complexity index is 1800. The van der Waals surface area contributed by atoms with Crippen LogP contribution in [-0.4, -0.2) is 65.6 Å². The van der Waals surface area contributed by atoms with E-state index >= 15 is 0 Å². The number of carbonyl (C=O) groups is 2. The number of rotatable bonds is 15. The van der Waals surface area contributed by atoms with E-state index in [4.69, 9.17) is 18.9 Å². The van der Waals surface area contributed by atoms with Gasteiger partial charge in [-0.15, -0.1) is 0 Å². The molecule has 1 saturated heterocycles. The van der Waals surface area contributed by atoms with Crippen molar-refractivity contribution in [1.82, 2.24) is 9.80 Å². The summed E-state index contributed by atoms with van der Waals surface area (Å²) in [5.41, 5.74) is 2.44. The molecule has 55 heavy (non-hydrogen) atoms. The summed E-state index contributed by atoms with van der Waals surface area (Å²) in [6.45, 7) is 9.07. The molecule has 0 aromatic heterocycles. The molecule has 1 aliphatic rings. The summed E-state index contributed by atoms with van der Waals surface area (Å²) in [5, 5.41) is 0. The molecular weight excluding hydrogens is 689 g/mol. The number of hydrogen-bond acceptors (Lipinski definition) is 7. The van der Waals surface area contributed by atoms with Crippen molar-refractivity contribution in [2.45, 2.75) is 76.2 Å². The van der Waals surface area contributed by atoms with E-state index in [0.717, 1.165) is 27.8 Å². The van der Waals surface area contributed by atoms with Crippen LogP contribution in [0.25, 0.3) is 0 Å². The Kier molecular flexibility index (Phi) is 12.5. The second kappa shape index (κ2) is 17.5. The number of methoxy groups -OCH3 is 1. The molecule has 0 bridgehead atoms. The lowest BCUT2D eigenvalue weighted by Gasteiger charge is -2.40. The molecule has 1 heterocycles. The van der Waals surface area contributed by atoms with E-state index in [-0.39, 0.29) is 13.0 Å². The van der Waals surface area contributed by atoms with Crippen molar-refractivity contribution in [3.63, 3.8) is 0 Å². The number of ether oxygens (including phenoxy) is 4. The third-order valence-corrected chi connectivity index (χ3v) is 10.3. The molecule has 2 atom stereocenters. The minimum Gasteiger partial charge on any atom is -0.466 e. The van der Waals surface area contributed by atoms with E-state index < -0.39 is 41.1 Å². The number of hydrogen-bond donors (Lipinski definition) is 0. The van der Waals surface area contributed by atoms with Gasteiger partial charge < -0.3 is 18.9 Å². The van der Waals surface area contributed by atoms with Gasteiger partial charge in [0.25, 0.3) is 0 Å². The van der Waals surface area contributed by atoms with Crippen molar-refractivity contribution in [2.75, 3.05) is 20.3 Å². The predicted molar refractivity (Wildman–Crippen MR) is 214 cm³/mol. The van der Waals surface area contributed by atoms with Crippen molar-refractivity contribution in [3.8, 4) is 0 Å². The van der Waals surface area contributed by atoms with Crippen molar-refractivity contribution in [2.24, 2.45) is 0 Å². The van der Waals surface area contributed by atoms with E-state index in [1.807, 2.05) is 119 Å². The number of esters is 1. The molecule has 0 aliphatic carbocycles. The van der Waals surface area contributed by atoms with Gasteiger partial charge in [0.2, 0.25) is 6.10 Å². The van der Waals surface area contributed by atoms with E-state index in [1.54, 1.807) is 4.90 Å². The molecule has 5 aromatic rings. The standard InChI is InChI=1S/C47H52N2O6/c1-45(2)35-54-46(3,4)49(45)44(51)55-42(43(50)52-5)31-41(48(32-36-21-11-6-12-22-36)33-37-23-13-7-14-24-37)34-53-47(38-25-15-8-16-26-38,39-27-17-9-18-28-39)40-29-19-10-20-30-40/h6-30,41-42H,31-35H2,1-5H3/t41-,42+/m0/s1. The zero-order valence-electron chi connectivity index (χ0n) is 32.5. The van der Waals surface area contributed by atoms with Crippen LogP contribution in [0.3, 0.4) is 0 Å². The van der Waals surface area contributed by atoms with Crippen molar-refractivity contribution in [3.05, 3.63) is 179 Å². The van der Waals surface area contributed by atoms with Gasteiger partial charge in [0.1, 0.15) is 11.3 Å². The summed E-state index contributed by atoms with van der Waals surface area (Å²) < 4.78 is 24.9. The maximum absolute atomic E-state index is 14.1. The zero-order valence-corrected chi connectivity index (χ0v) is 32.5. The zero-order chi connectivity index (χ0) is 38.9. The fourth-order valence-corrected chi connectivity index (χ4v) is 7.69. The molecule has 5 aromatic carbocycles. The molecule has 0 saturated carbocycles. The fourth-order valence-electron chi connectivity index (χ4n) is 7.69. The SMILES string of the molecule is COC(=O)[C@@H](C[C@@H](COC(c1ccccc1)(c1ccccc1)c1ccccc1)N(Cc1ccccc1)Cc1ccccc1)OC(=O)N1C(C)(C)COC1(C)C. The molecule has 0 N–H and O–H groups in total. The van der Waals surface area contributed by atoms with Crippen LogP contribution in [-0.2, 0) is 42.4 Å². The van der Waals surface area contributed by atoms with E-state index in [0.29, 0.717) is 19.7 Å². The van der Waals surface area contributed by atoms with Crippen LogP contribution in [0.4, 0.5) is 4.79 Å². The van der Waals surface area contributed by atoms with Crippen molar-refractivity contribution in [1.29, 1.82) is 0 Å². The van der Waals surface area contributed by atoms with E-state index in [1.165, 1.54) is 7.11 Å². The van der Waals surface area contributed by atoms with Crippen LogP contribution in [0.1, 0.15) is 61.9 Å². The van der Waals surface area contributed by atoms with Crippen LogP contribution < -0.4 is 0 Å². The Morgan fingerprint density at radius 3 is 1.49 bits per heavy atom. The van der Waals surface area contributed by atoms with Gasteiger partial charge in [-0.2, -0.15) is 0 Å². The second-order valence-corrected chi connectivity index (χ2v) is 15.1. The highest BCUT2D eigenvalue weighted by atomic mass is 16.6. The first-order valence-corrected chi connectivity index (χ1v) is 18.9. The number of carbonyl (C=O) groups excluding carboxylic acids is 2. The summed E-state index contributed by atoms with van der Waals surface area (Å²) in [6, 6.07) is 50.6. The van der Waals surface area contributed by atoms with E-state index in [2.05, 4.69) is 65.6 Å². The molecular formula is C47H52N2O6. The smallest absolute Gasteiger partial charge is 0.413 e. The minimum atomic E-state index is -1.24. The topological polar surface area (TPSA) is 77.5 Å². The van der Waals surface area contributed by atoms with Gasteiger partial charge in [0.15, 0.2) is 0 Å². The second-order valence-electron chi connectivity index (χ2n) is 15.1. The number of nitrogens with zero attached hydrogens (tertiary/aromatic N) is 2. The number of benzene rings is 5. The lowest BCUT2D eigenvalue weighted by molar-refractivity contribution is -0.154. The maximum atomic E-state index is 14.1. The van der Waals surface area contributed by atoms with Gasteiger partial charge in [0, 0.05) is 25.6 Å². The van der Waals surface area contributed by atoms with Crippen LogP contribution in [0.5, 0.6) is 0 Å². The van der Waals surface area contributed by atoms with Crippen molar-refractivity contribution >= 4 is 12.1 Å². The molecule has 6 rings (SSSR count). The van der Waals surface area contributed by atoms with Crippen LogP contribution in [0, 0.1) is 0 Å². The molecule has 8 nitrogen and oxygen atoms in total. The Morgan fingerprint density at radius 1 is 0.691 bits per heavy atom. The quantitative estimate of drug-likeness (QED) is 0.0784. The summed E-state index contributed by atoms with van der Waals surface area (Å²) in [6.07, 6.45) is -1.79. The predicted octanol–water partition coefficient (Wildman–Crippen LogP) is 8.98. The van der Waals surface area contributed by atoms with E-state index in [9.17, 15) is 9.59 Å². The van der Waals surface area contributed by atoms with Gasteiger partial charge in [-0.25, -0.2) is 9.59 Å². The highest BCUT2D eigenvalue weighted by Crippen LogP contribution is 2.41. The molecule has 1 fully saturated rings. The molecule has 286 valence electrons. The average Bonchev–Trinajstić information content (AvgIpc) is 3.44. The third kappa shape index (κ3) is 9.16. The summed E-state index contributed by atoms with van der Waals surface area (Å²) >= 11 is 0. The fraction of sp³-hybridized carbons (Fsp3) is 0.319. The number of amides is 1. The van der Waals surface area contributed by atoms with Gasteiger partial charge in [0.05, 0.1) is 25.9 Å². The third-order valence-electron chi connectivity index (χ3n) is 10.3. The molecule has 1 amide bonds. The Hall–Kier alpha value is -5.28. The maximum Gasteiger partial charge on any atom is 0.413 e.